The van der Waals surface area contributed by atoms with E-state index in [0.717, 1.165) is 23.4 Å². The molecule has 120 valence electrons. The van der Waals surface area contributed by atoms with E-state index < -0.39 is 0 Å². The Hall–Kier alpha value is -2.61. The van der Waals surface area contributed by atoms with E-state index in [9.17, 15) is 4.79 Å². The molecule has 2 nitrogen and oxygen atoms in total. The molecule has 23 heavy (non-hydrogen) atoms. The van der Waals surface area contributed by atoms with Gasteiger partial charge in [-0.25, -0.2) is 0 Å². The smallest absolute Gasteiger partial charge is 0.159 e. The van der Waals surface area contributed by atoms with Gasteiger partial charge in [0.15, 0.2) is 5.78 Å². The molecule has 0 unspecified atom stereocenters. The van der Waals surface area contributed by atoms with Crippen LogP contribution < -0.4 is 5.32 Å². The first kappa shape index (κ1) is 18.4. The summed E-state index contributed by atoms with van der Waals surface area (Å²) < 4.78 is 0. The summed E-state index contributed by atoms with van der Waals surface area (Å²) >= 11 is 0. The average molecular weight is 307 g/mol. The quantitative estimate of drug-likeness (QED) is 0.759. The molecule has 0 amide bonds. The topological polar surface area (TPSA) is 29.1 Å². The van der Waals surface area contributed by atoms with Gasteiger partial charge in [-0.2, -0.15) is 0 Å². The van der Waals surface area contributed by atoms with Gasteiger partial charge in [-0.15, -0.1) is 0 Å². The Bertz CT molecular complexity index is 646. The number of carbonyl (C=O) groups excluding carboxylic acids is 1. The Kier molecular flexibility index (Phi) is 8.16. The molecular weight excluding hydrogens is 282 g/mol. The molecule has 0 fully saturated rings. The zero-order valence-electron chi connectivity index (χ0n) is 14.2. The summed E-state index contributed by atoms with van der Waals surface area (Å²) in [7, 11) is 0. The second-order valence-corrected chi connectivity index (χ2v) is 4.85. The SMILES string of the molecule is C=C(/C=C/c1ccccc1)NC1=CCC=CC(C(C)=O)=C1.CC. The molecule has 0 aromatic heterocycles. The Morgan fingerprint density at radius 3 is 2.57 bits per heavy atom. The highest BCUT2D eigenvalue weighted by atomic mass is 16.1. The lowest BCUT2D eigenvalue weighted by Crippen LogP contribution is -2.09. The lowest BCUT2D eigenvalue weighted by atomic mass is 10.1. The van der Waals surface area contributed by atoms with Crippen molar-refractivity contribution in [2.45, 2.75) is 27.2 Å². The van der Waals surface area contributed by atoms with Crippen LogP contribution in [0.4, 0.5) is 0 Å². The van der Waals surface area contributed by atoms with Crippen molar-refractivity contribution in [2.24, 2.45) is 0 Å². The number of hydrogen-bond donors (Lipinski definition) is 1. The Morgan fingerprint density at radius 1 is 1.22 bits per heavy atom. The van der Waals surface area contributed by atoms with Gasteiger partial charge in [-0.05, 0) is 31.1 Å². The van der Waals surface area contributed by atoms with Crippen LogP contribution in [-0.2, 0) is 4.79 Å². The standard InChI is InChI=1S/C19H19NO.C2H6/c1-15(12-13-17-8-4-3-5-9-17)20-19-11-7-6-10-18(14-19)16(2)21;1-2/h3-6,8-14,20H,1,7H2,2H3;1-2H3/b13-12+;. The van der Waals surface area contributed by atoms with Crippen molar-refractivity contribution in [2.75, 3.05) is 0 Å². The highest BCUT2D eigenvalue weighted by Crippen LogP contribution is 2.12. The lowest BCUT2D eigenvalue weighted by molar-refractivity contribution is -0.113. The predicted octanol–water partition coefficient (Wildman–Crippen LogP) is 5.19. The summed E-state index contributed by atoms with van der Waals surface area (Å²) in [5, 5.41) is 3.23. The van der Waals surface area contributed by atoms with Crippen LogP contribution in [0.25, 0.3) is 6.08 Å². The van der Waals surface area contributed by atoms with Crippen molar-refractivity contribution in [1.29, 1.82) is 0 Å². The van der Waals surface area contributed by atoms with Crippen LogP contribution in [0.1, 0.15) is 32.8 Å². The third-order valence-corrected chi connectivity index (χ3v) is 3.07. The van der Waals surface area contributed by atoms with E-state index in [-0.39, 0.29) is 5.78 Å². The minimum Gasteiger partial charge on any atom is -0.356 e. The van der Waals surface area contributed by atoms with Gasteiger partial charge in [0.1, 0.15) is 0 Å². The number of carbonyl (C=O) groups is 1. The van der Waals surface area contributed by atoms with Gasteiger partial charge >= 0.3 is 0 Å². The molecule has 0 bridgehead atoms. The first-order valence-electron chi connectivity index (χ1n) is 7.93. The second kappa shape index (κ2) is 10.2. The van der Waals surface area contributed by atoms with Crippen molar-refractivity contribution in [3.8, 4) is 0 Å². The summed E-state index contributed by atoms with van der Waals surface area (Å²) in [6, 6.07) is 10.1. The fourth-order valence-electron chi connectivity index (χ4n) is 1.96. The monoisotopic (exact) mass is 307 g/mol. The summed E-state index contributed by atoms with van der Waals surface area (Å²) in [5.41, 5.74) is 3.50. The minimum atomic E-state index is 0.0614. The first-order chi connectivity index (χ1) is 11.1. The van der Waals surface area contributed by atoms with Gasteiger partial charge in [-0.1, -0.05) is 75.1 Å². The zero-order chi connectivity index (χ0) is 17.1. The van der Waals surface area contributed by atoms with E-state index in [4.69, 9.17) is 0 Å². The molecule has 1 aromatic carbocycles. The third kappa shape index (κ3) is 6.79. The third-order valence-electron chi connectivity index (χ3n) is 3.07. The molecule has 0 saturated heterocycles. The van der Waals surface area contributed by atoms with Gasteiger partial charge in [0, 0.05) is 17.0 Å². The average Bonchev–Trinajstić information content (AvgIpc) is 2.81. The molecule has 0 atom stereocenters. The maximum Gasteiger partial charge on any atom is 0.159 e. The molecule has 2 heteroatoms. The number of Topliss-reactive ketones (excluding diaryl/α,β-unsaturated/α-hetero) is 1. The number of benzene rings is 1. The maximum absolute atomic E-state index is 11.5. The Balaban J connectivity index is 0.00000127. The number of hydrogen-bond acceptors (Lipinski definition) is 2. The molecule has 0 heterocycles. The van der Waals surface area contributed by atoms with E-state index in [2.05, 4.69) is 11.9 Å². The van der Waals surface area contributed by atoms with Crippen LogP contribution in [0, 0.1) is 0 Å². The van der Waals surface area contributed by atoms with Crippen LogP contribution in [0.15, 0.2) is 84.3 Å². The Morgan fingerprint density at radius 2 is 1.91 bits per heavy atom. The largest absolute Gasteiger partial charge is 0.356 e. The van der Waals surface area contributed by atoms with Crippen LogP contribution in [0.5, 0.6) is 0 Å². The molecule has 1 aromatic rings. The number of ketones is 1. The van der Waals surface area contributed by atoms with E-state index in [0.29, 0.717) is 5.57 Å². The second-order valence-electron chi connectivity index (χ2n) is 4.85. The van der Waals surface area contributed by atoms with Crippen LogP contribution >= 0.6 is 0 Å². The molecular formula is C21H25NO. The van der Waals surface area contributed by atoms with Crippen LogP contribution in [0.3, 0.4) is 0 Å². The minimum absolute atomic E-state index is 0.0614. The van der Waals surface area contributed by atoms with Crippen LogP contribution in [-0.4, -0.2) is 5.78 Å². The van der Waals surface area contributed by atoms with Gasteiger partial charge in [0.25, 0.3) is 0 Å². The van der Waals surface area contributed by atoms with Crippen molar-refractivity contribution < 1.29 is 4.79 Å². The van der Waals surface area contributed by atoms with Gasteiger partial charge < -0.3 is 5.32 Å². The predicted molar refractivity (Wildman–Crippen MR) is 99.7 cm³/mol. The van der Waals surface area contributed by atoms with E-state index in [1.165, 1.54) is 0 Å². The molecule has 0 aliphatic heterocycles. The molecule has 0 radical (unpaired) electrons. The molecule has 0 saturated carbocycles. The van der Waals surface area contributed by atoms with Gasteiger partial charge in [-0.3, -0.25) is 4.79 Å². The summed E-state index contributed by atoms with van der Waals surface area (Å²) in [6.07, 6.45) is 12.4. The van der Waals surface area contributed by atoms with E-state index in [1.807, 2.05) is 80.6 Å². The number of allylic oxidation sites excluding steroid dienone is 6. The number of nitrogens with one attached hydrogen (secondary N) is 1. The summed E-state index contributed by atoms with van der Waals surface area (Å²) in [5.74, 6) is 0.0614. The van der Waals surface area contributed by atoms with E-state index >= 15 is 0 Å². The van der Waals surface area contributed by atoms with Crippen molar-refractivity contribution in [3.63, 3.8) is 0 Å². The van der Waals surface area contributed by atoms with E-state index in [1.54, 1.807) is 6.92 Å². The highest BCUT2D eigenvalue weighted by Gasteiger charge is 2.04. The maximum atomic E-state index is 11.5. The van der Waals surface area contributed by atoms with Crippen molar-refractivity contribution in [1.82, 2.24) is 5.32 Å². The van der Waals surface area contributed by atoms with Crippen LogP contribution in [0.2, 0.25) is 0 Å². The summed E-state index contributed by atoms with van der Waals surface area (Å²) in [6.45, 7) is 9.56. The molecule has 1 aliphatic rings. The highest BCUT2D eigenvalue weighted by molar-refractivity contribution is 5.96. The lowest BCUT2D eigenvalue weighted by Gasteiger charge is -2.07. The molecule has 1 aliphatic carbocycles. The number of rotatable bonds is 5. The molecule has 0 spiro atoms. The fourth-order valence-corrected chi connectivity index (χ4v) is 1.96. The molecule has 2 rings (SSSR count). The van der Waals surface area contributed by atoms with Gasteiger partial charge in [0.2, 0.25) is 0 Å². The summed E-state index contributed by atoms with van der Waals surface area (Å²) in [4.78, 5) is 11.5. The Labute approximate surface area is 139 Å². The normalized spacial score (nSPS) is 13.3. The van der Waals surface area contributed by atoms with Crippen molar-refractivity contribution >= 4 is 11.9 Å². The first-order valence-corrected chi connectivity index (χ1v) is 7.93. The van der Waals surface area contributed by atoms with Gasteiger partial charge in [0.05, 0.1) is 0 Å². The van der Waals surface area contributed by atoms with Crippen molar-refractivity contribution in [3.05, 3.63) is 89.8 Å². The zero-order valence-corrected chi connectivity index (χ0v) is 14.2. The fraction of sp³-hybridized carbons (Fsp3) is 0.190. The molecule has 1 N–H and O–H groups in total.